The first kappa shape index (κ1) is 18.0. The number of rotatable bonds is 3. The third-order valence-corrected chi connectivity index (χ3v) is 3.61. The summed E-state index contributed by atoms with van der Waals surface area (Å²) in [5.74, 6) is -0.168. The molecule has 0 spiro atoms. The van der Waals surface area contributed by atoms with E-state index in [-0.39, 0.29) is 12.0 Å². The number of hydrogen-bond acceptors (Lipinski definition) is 5. The number of nitrogens with zero attached hydrogens (tertiary/aromatic N) is 3. The van der Waals surface area contributed by atoms with Crippen LogP contribution in [0.5, 0.6) is 0 Å². The Morgan fingerprint density at radius 3 is 2.38 bits per heavy atom. The fourth-order valence-electron chi connectivity index (χ4n) is 2.43. The highest BCUT2D eigenvalue weighted by molar-refractivity contribution is 5.92. The number of piperazine rings is 1. The molecule has 24 heavy (non-hydrogen) atoms. The summed E-state index contributed by atoms with van der Waals surface area (Å²) in [7, 11) is 0. The van der Waals surface area contributed by atoms with Crippen molar-refractivity contribution < 1.29 is 14.3 Å². The minimum Gasteiger partial charge on any atom is -0.444 e. The molecule has 1 aliphatic rings. The predicted octanol–water partition coefficient (Wildman–Crippen LogP) is 1.89. The molecule has 1 aromatic rings. The first-order valence-electron chi connectivity index (χ1n) is 8.27. The minimum absolute atomic E-state index is 0.168. The Morgan fingerprint density at radius 1 is 1.21 bits per heavy atom. The summed E-state index contributed by atoms with van der Waals surface area (Å²) in [6.45, 7) is 10.7. The van der Waals surface area contributed by atoms with Gasteiger partial charge in [0.15, 0.2) is 0 Å². The van der Waals surface area contributed by atoms with Gasteiger partial charge in [-0.15, -0.1) is 0 Å². The maximum Gasteiger partial charge on any atom is 0.410 e. The maximum atomic E-state index is 12.1. The third-order valence-electron chi connectivity index (χ3n) is 3.61. The lowest BCUT2D eigenvalue weighted by molar-refractivity contribution is 0.0240. The van der Waals surface area contributed by atoms with E-state index >= 15 is 0 Å². The van der Waals surface area contributed by atoms with Crippen molar-refractivity contribution in [3.8, 4) is 0 Å². The average Bonchev–Trinajstić information content (AvgIpc) is 2.54. The van der Waals surface area contributed by atoms with Gasteiger partial charge in [0.1, 0.15) is 11.3 Å². The molecule has 0 bridgehead atoms. The van der Waals surface area contributed by atoms with Crippen molar-refractivity contribution in [1.29, 1.82) is 0 Å². The normalized spacial score (nSPS) is 15.2. The van der Waals surface area contributed by atoms with Gasteiger partial charge in [-0.1, -0.05) is 0 Å². The SMILES string of the molecule is CCNC(=O)c1ccc(N2CCN(C(=O)OC(C)(C)C)CC2)cn1. The first-order valence-corrected chi connectivity index (χ1v) is 8.27. The second-order valence-corrected chi connectivity index (χ2v) is 6.72. The summed E-state index contributed by atoms with van der Waals surface area (Å²) < 4.78 is 5.39. The van der Waals surface area contributed by atoms with Gasteiger partial charge in [0.25, 0.3) is 5.91 Å². The van der Waals surface area contributed by atoms with E-state index < -0.39 is 5.60 Å². The van der Waals surface area contributed by atoms with Gasteiger partial charge in [0.05, 0.1) is 11.9 Å². The van der Waals surface area contributed by atoms with Crippen molar-refractivity contribution in [3.05, 3.63) is 24.0 Å². The molecule has 0 unspecified atom stereocenters. The van der Waals surface area contributed by atoms with Gasteiger partial charge in [-0.05, 0) is 39.8 Å². The lowest BCUT2D eigenvalue weighted by Crippen LogP contribution is -2.50. The fourth-order valence-corrected chi connectivity index (χ4v) is 2.43. The molecule has 0 aliphatic carbocycles. The lowest BCUT2D eigenvalue weighted by atomic mass is 10.2. The van der Waals surface area contributed by atoms with E-state index in [1.807, 2.05) is 33.8 Å². The zero-order chi connectivity index (χ0) is 17.7. The van der Waals surface area contributed by atoms with Gasteiger partial charge < -0.3 is 19.9 Å². The second kappa shape index (κ2) is 7.51. The van der Waals surface area contributed by atoms with E-state index in [1.165, 1.54) is 0 Å². The van der Waals surface area contributed by atoms with Gasteiger partial charge in [0, 0.05) is 32.7 Å². The molecule has 132 valence electrons. The van der Waals surface area contributed by atoms with Crippen LogP contribution < -0.4 is 10.2 Å². The number of nitrogens with one attached hydrogen (secondary N) is 1. The molecule has 0 atom stereocenters. The topological polar surface area (TPSA) is 74.8 Å². The highest BCUT2D eigenvalue weighted by atomic mass is 16.6. The zero-order valence-corrected chi connectivity index (χ0v) is 14.8. The summed E-state index contributed by atoms with van der Waals surface area (Å²) in [5, 5.41) is 2.72. The largest absolute Gasteiger partial charge is 0.444 e. The van der Waals surface area contributed by atoms with Crippen LogP contribution >= 0.6 is 0 Å². The molecule has 0 aromatic carbocycles. The van der Waals surface area contributed by atoms with Gasteiger partial charge in [-0.3, -0.25) is 4.79 Å². The predicted molar refractivity (Wildman–Crippen MR) is 92.3 cm³/mol. The molecule has 0 radical (unpaired) electrons. The molecule has 1 N–H and O–H groups in total. The van der Waals surface area contributed by atoms with Gasteiger partial charge >= 0.3 is 6.09 Å². The van der Waals surface area contributed by atoms with E-state index in [0.29, 0.717) is 38.4 Å². The van der Waals surface area contributed by atoms with Crippen LogP contribution in [-0.4, -0.2) is 60.2 Å². The molecule has 1 saturated heterocycles. The summed E-state index contributed by atoms with van der Waals surface area (Å²) in [4.78, 5) is 31.9. The van der Waals surface area contributed by atoms with Crippen molar-refractivity contribution >= 4 is 17.7 Å². The van der Waals surface area contributed by atoms with Crippen molar-refractivity contribution in [3.63, 3.8) is 0 Å². The first-order chi connectivity index (χ1) is 11.3. The molecule has 7 heteroatoms. The number of carbonyl (C=O) groups is 2. The molecular weight excluding hydrogens is 308 g/mol. The summed E-state index contributed by atoms with van der Waals surface area (Å²) in [5.41, 5.74) is 0.882. The van der Waals surface area contributed by atoms with Crippen LogP contribution in [-0.2, 0) is 4.74 Å². The minimum atomic E-state index is -0.479. The van der Waals surface area contributed by atoms with Gasteiger partial charge in [-0.2, -0.15) is 0 Å². The summed E-state index contributed by atoms with van der Waals surface area (Å²) in [6.07, 6.45) is 1.43. The van der Waals surface area contributed by atoms with Crippen LogP contribution in [0.4, 0.5) is 10.5 Å². The Balaban J connectivity index is 1.90. The van der Waals surface area contributed by atoms with Crippen molar-refractivity contribution in [1.82, 2.24) is 15.2 Å². The Labute approximate surface area is 143 Å². The Kier molecular flexibility index (Phi) is 5.64. The molecule has 2 amide bonds. The van der Waals surface area contributed by atoms with E-state index in [1.54, 1.807) is 17.2 Å². The molecule has 1 aliphatic heterocycles. The quantitative estimate of drug-likeness (QED) is 0.914. The number of pyridine rings is 1. The van der Waals surface area contributed by atoms with E-state index in [4.69, 9.17) is 4.74 Å². The van der Waals surface area contributed by atoms with Crippen LogP contribution in [0.3, 0.4) is 0 Å². The zero-order valence-electron chi connectivity index (χ0n) is 14.8. The lowest BCUT2D eigenvalue weighted by Gasteiger charge is -2.36. The van der Waals surface area contributed by atoms with Gasteiger partial charge in [0.2, 0.25) is 0 Å². The van der Waals surface area contributed by atoms with Crippen molar-refractivity contribution in [2.45, 2.75) is 33.3 Å². The highest BCUT2D eigenvalue weighted by Gasteiger charge is 2.26. The van der Waals surface area contributed by atoms with Crippen LogP contribution in [0.25, 0.3) is 0 Å². The number of ether oxygens (including phenoxy) is 1. The standard InChI is InChI=1S/C17H26N4O3/c1-5-18-15(22)14-7-6-13(12-19-14)20-8-10-21(11-9-20)16(23)24-17(2,3)4/h6-7,12H,5,8-11H2,1-4H3,(H,18,22). The Morgan fingerprint density at radius 2 is 1.88 bits per heavy atom. The van der Waals surface area contributed by atoms with Crippen molar-refractivity contribution in [2.75, 3.05) is 37.6 Å². The molecule has 2 rings (SSSR count). The van der Waals surface area contributed by atoms with E-state index in [0.717, 1.165) is 5.69 Å². The Hall–Kier alpha value is -2.31. The summed E-state index contributed by atoms with van der Waals surface area (Å²) in [6, 6.07) is 3.61. The maximum absolute atomic E-state index is 12.1. The molecule has 1 aromatic heterocycles. The monoisotopic (exact) mass is 334 g/mol. The van der Waals surface area contributed by atoms with Gasteiger partial charge in [-0.25, -0.2) is 9.78 Å². The molecule has 1 fully saturated rings. The van der Waals surface area contributed by atoms with E-state index in [2.05, 4.69) is 15.2 Å². The number of carbonyl (C=O) groups excluding carboxylic acids is 2. The molecule has 2 heterocycles. The number of hydrogen-bond donors (Lipinski definition) is 1. The molecule has 7 nitrogen and oxygen atoms in total. The molecule has 0 saturated carbocycles. The smallest absolute Gasteiger partial charge is 0.410 e. The molecular formula is C17H26N4O3. The van der Waals surface area contributed by atoms with Crippen LogP contribution in [0.1, 0.15) is 38.2 Å². The Bertz CT molecular complexity index is 572. The van der Waals surface area contributed by atoms with Crippen LogP contribution in [0.15, 0.2) is 18.3 Å². The van der Waals surface area contributed by atoms with Crippen LogP contribution in [0.2, 0.25) is 0 Å². The van der Waals surface area contributed by atoms with E-state index in [9.17, 15) is 9.59 Å². The number of anilines is 1. The number of amides is 2. The highest BCUT2D eigenvalue weighted by Crippen LogP contribution is 2.17. The number of aromatic nitrogens is 1. The fraction of sp³-hybridized carbons (Fsp3) is 0.588. The van der Waals surface area contributed by atoms with Crippen molar-refractivity contribution in [2.24, 2.45) is 0 Å². The second-order valence-electron chi connectivity index (χ2n) is 6.72. The van der Waals surface area contributed by atoms with Crippen LogP contribution in [0, 0.1) is 0 Å². The average molecular weight is 334 g/mol. The summed E-state index contributed by atoms with van der Waals surface area (Å²) >= 11 is 0. The third kappa shape index (κ3) is 4.84.